The first-order chi connectivity index (χ1) is 11.6. The summed E-state index contributed by atoms with van der Waals surface area (Å²) in [6.45, 7) is 1.94. The molecule has 5 heteroatoms. The van der Waals surface area contributed by atoms with Gasteiger partial charge in [-0.15, -0.1) is 11.8 Å². The Morgan fingerprint density at radius 3 is 2.54 bits per heavy atom. The molecule has 0 radical (unpaired) electrons. The van der Waals surface area contributed by atoms with Gasteiger partial charge in [0.2, 0.25) is 5.91 Å². The Balaban J connectivity index is 1.89. The Morgan fingerprint density at radius 2 is 1.88 bits per heavy atom. The van der Waals surface area contributed by atoms with Gasteiger partial charge in [0.05, 0.1) is 20.3 Å². The average molecular weight is 345 g/mol. The average Bonchev–Trinajstić information content (AvgIpc) is 2.62. The molecular weight excluding hydrogens is 322 g/mol. The predicted molar refractivity (Wildman–Crippen MR) is 97.9 cm³/mol. The molecule has 0 aliphatic carbocycles. The molecule has 0 fully saturated rings. The van der Waals surface area contributed by atoms with E-state index in [0.29, 0.717) is 6.42 Å². The molecule has 1 unspecified atom stereocenters. The summed E-state index contributed by atoms with van der Waals surface area (Å²) in [7, 11) is 3.24. The van der Waals surface area contributed by atoms with Gasteiger partial charge < -0.3 is 14.8 Å². The highest BCUT2D eigenvalue weighted by atomic mass is 32.2. The molecule has 0 aromatic heterocycles. The van der Waals surface area contributed by atoms with Gasteiger partial charge in [-0.1, -0.05) is 18.2 Å². The third-order valence-electron chi connectivity index (χ3n) is 3.62. The lowest BCUT2D eigenvalue weighted by atomic mass is 10.1. The lowest BCUT2D eigenvalue weighted by Gasteiger charge is -2.18. The standard InChI is InChI=1S/C19H23NO3S/c1-14(17-13-15(22-2)9-10-18(17)23-3)20-19(21)11-12-24-16-7-5-4-6-8-16/h4-10,13-14H,11-12H2,1-3H3,(H,20,21). The first-order valence-electron chi connectivity index (χ1n) is 7.83. The van der Waals surface area contributed by atoms with Gasteiger partial charge in [-0.3, -0.25) is 4.79 Å². The number of benzene rings is 2. The summed E-state index contributed by atoms with van der Waals surface area (Å²) in [6.07, 6.45) is 0.468. The van der Waals surface area contributed by atoms with Crippen LogP contribution >= 0.6 is 11.8 Å². The molecular formula is C19H23NO3S. The minimum atomic E-state index is -0.149. The summed E-state index contributed by atoms with van der Waals surface area (Å²) in [6, 6.07) is 15.5. The van der Waals surface area contributed by atoms with Gasteiger partial charge in [0.25, 0.3) is 0 Å². The van der Waals surface area contributed by atoms with Gasteiger partial charge in [0.15, 0.2) is 0 Å². The van der Waals surface area contributed by atoms with Crippen molar-refractivity contribution in [3.05, 3.63) is 54.1 Å². The van der Waals surface area contributed by atoms with Crippen molar-refractivity contribution in [2.45, 2.75) is 24.3 Å². The fourth-order valence-electron chi connectivity index (χ4n) is 2.35. The molecule has 0 saturated heterocycles. The Labute approximate surface area is 147 Å². The van der Waals surface area contributed by atoms with Crippen LogP contribution in [0, 0.1) is 0 Å². The highest BCUT2D eigenvalue weighted by Crippen LogP contribution is 2.29. The molecule has 2 rings (SSSR count). The molecule has 0 saturated carbocycles. The SMILES string of the molecule is COc1ccc(OC)c(C(C)NC(=O)CCSc2ccccc2)c1. The van der Waals surface area contributed by atoms with E-state index in [2.05, 4.69) is 5.32 Å². The summed E-state index contributed by atoms with van der Waals surface area (Å²) in [5.41, 5.74) is 0.904. The first-order valence-corrected chi connectivity index (χ1v) is 8.81. The Hall–Kier alpha value is -2.14. The maximum Gasteiger partial charge on any atom is 0.221 e. The maximum absolute atomic E-state index is 12.2. The van der Waals surface area contributed by atoms with E-state index in [-0.39, 0.29) is 11.9 Å². The molecule has 2 aromatic carbocycles. The number of methoxy groups -OCH3 is 2. The molecule has 0 aliphatic rings. The van der Waals surface area contributed by atoms with Gasteiger partial charge in [0.1, 0.15) is 11.5 Å². The van der Waals surface area contributed by atoms with Gasteiger partial charge in [-0.2, -0.15) is 0 Å². The van der Waals surface area contributed by atoms with E-state index in [1.54, 1.807) is 26.0 Å². The van der Waals surface area contributed by atoms with Gasteiger partial charge in [-0.25, -0.2) is 0 Å². The highest BCUT2D eigenvalue weighted by molar-refractivity contribution is 7.99. The van der Waals surface area contributed by atoms with Crippen molar-refractivity contribution in [2.24, 2.45) is 0 Å². The fraction of sp³-hybridized carbons (Fsp3) is 0.316. The number of rotatable bonds is 8. The second-order valence-corrected chi connectivity index (χ2v) is 6.48. The zero-order valence-corrected chi connectivity index (χ0v) is 15.1. The Kier molecular flexibility index (Phi) is 7.00. The van der Waals surface area contributed by atoms with E-state index in [9.17, 15) is 4.79 Å². The molecule has 0 heterocycles. The monoisotopic (exact) mass is 345 g/mol. The molecule has 24 heavy (non-hydrogen) atoms. The van der Waals surface area contributed by atoms with Crippen LogP contribution in [0.15, 0.2) is 53.4 Å². The van der Waals surface area contributed by atoms with E-state index in [1.807, 2.05) is 55.5 Å². The fourth-order valence-corrected chi connectivity index (χ4v) is 3.22. The van der Waals surface area contributed by atoms with E-state index in [0.717, 1.165) is 22.8 Å². The summed E-state index contributed by atoms with van der Waals surface area (Å²) >= 11 is 1.68. The molecule has 0 bridgehead atoms. The second-order valence-electron chi connectivity index (χ2n) is 5.31. The van der Waals surface area contributed by atoms with Crippen LogP contribution in [0.25, 0.3) is 0 Å². The topological polar surface area (TPSA) is 47.6 Å². The Morgan fingerprint density at radius 1 is 1.12 bits per heavy atom. The number of amides is 1. The van der Waals surface area contributed by atoms with Crippen LogP contribution in [0.1, 0.15) is 24.9 Å². The van der Waals surface area contributed by atoms with Crippen LogP contribution in [0.3, 0.4) is 0 Å². The largest absolute Gasteiger partial charge is 0.497 e. The van der Waals surface area contributed by atoms with Gasteiger partial charge in [0, 0.05) is 22.6 Å². The van der Waals surface area contributed by atoms with Crippen LogP contribution < -0.4 is 14.8 Å². The van der Waals surface area contributed by atoms with Gasteiger partial charge in [-0.05, 0) is 37.3 Å². The van der Waals surface area contributed by atoms with E-state index in [1.165, 1.54) is 4.90 Å². The molecule has 1 amide bonds. The zero-order chi connectivity index (χ0) is 17.4. The number of ether oxygens (including phenoxy) is 2. The van der Waals surface area contributed by atoms with E-state index < -0.39 is 0 Å². The van der Waals surface area contributed by atoms with E-state index in [4.69, 9.17) is 9.47 Å². The molecule has 2 aromatic rings. The quantitative estimate of drug-likeness (QED) is 0.733. The zero-order valence-electron chi connectivity index (χ0n) is 14.2. The number of thioether (sulfide) groups is 1. The third kappa shape index (κ3) is 5.20. The summed E-state index contributed by atoms with van der Waals surface area (Å²) in [4.78, 5) is 13.3. The lowest BCUT2D eigenvalue weighted by molar-refractivity contribution is -0.121. The normalized spacial score (nSPS) is 11.6. The number of nitrogens with one attached hydrogen (secondary N) is 1. The van der Waals surface area contributed by atoms with Crippen LogP contribution in [0.2, 0.25) is 0 Å². The van der Waals surface area contributed by atoms with Crippen LogP contribution in [0.5, 0.6) is 11.5 Å². The summed E-state index contributed by atoms with van der Waals surface area (Å²) in [5.74, 6) is 2.25. The number of carbonyl (C=O) groups is 1. The van der Waals surface area contributed by atoms with E-state index >= 15 is 0 Å². The van der Waals surface area contributed by atoms with Crippen molar-refractivity contribution in [2.75, 3.05) is 20.0 Å². The van der Waals surface area contributed by atoms with Crippen molar-refractivity contribution in [1.82, 2.24) is 5.32 Å². The predicted octanol–water partition coefficient (Wildman–Crippen LogP) is 4.06. The lowest BCUT2D eigenvalue weighted by Crippen LogP contribution is -2.27. The van der Waals surface area contributed by atoms with Crippen LogP contribution in [0.4, 0.5) is 0 Å². The van der Waals surface area contributed by atoms with Crippen LogP contribution in [-0.4, -0.2) is 25.9 Å². The molecule has 4 nitrogen and oxygen atoms in total. The smallest absolute Gasteiger partial charge is 0.221 e. The number of hydrogen-bond donors (Lipinski definition) is 1. The molecule has 0 aliphatic heterocycles. The highest BCUT2D eigenvalue weighted by Gasteiger charge is 2.15. The minimum absolute atomic E-state index is 0.0239. The second kappa shape index (κ2) is 9.23. The third-order valence-corrected chi connectivity index (χ3v) is 4.64. The first kappa shape index (κ1) is 18.2. The Bertz CT molecular complexity index is 661. The maximum atomic E-state index is 12.2. The van der Waals surface area contributed by atoms with Crippen molar-refractivity contribution in [3.63, 3.8) is 0 Å². The van der Waals surface area contributed by atoms with Crippen molar-refractivity contribution >= 4 is 17.7 Å². The minimum Gasteiger partial charge on any atom is -0.497 e. The summed E-state index contributed by atoms with van der Waals surface area (Å²) < 4.78 is 10.6. The van der Waals surface area contributed by atoms with Crippen molar-refractivity contribution in [3.8, 4) is 11.5 Å². The molecule has 1 atom stereocenters. The van der Waals surface area contributed by atoms with Gasteiger partial charge >= 0.3 is 0 Å². The van der Waals surface area contributed by atoms with Crippen molar-refractivity contribution in [1.29, 1.82) is 0 Å². The molecule has 128 valence electrons. The van der Waals surface area contributed by atoms with Crippen LogP contribution in [-0.2, 0) is 4.79 Å². The number of carbonyl (C=O) groups excluding carboxylic acids is 1. The summed E-state index contributed by atoms with van der Waals surface area (Å²) in [5, 5.41) is 3.02. The number of hydrogen-bond acceptors (Lipinski definition) is 4. The molecule has 1 N–H and O–H groups in total. The van der Waals surface area contributed by atoms with Crippen molar-refractivity contribution < 1.29 is 14.3 Å². The molecule has 0 spiro atoms.